The van der Waals surface area contributed by atoms with Gasteiger partial charge in [-0.3, -0.25) is 0 Å². The molecule has 54 valence electrons. The molecule has 2 heteroatoms. The van der Waals surface area contributed by atoms with E-state index in [0.29, 0.717) is 0 Å². The lowest BCUT2D eigenvalue weighted by Gasteiger charge is -2.32. The minimum absolute atomic E-state index is 0.950. The van der Waals surface area contributed by atoms with Gasteiger partial charge in [0.1, 0.15) is 0 Å². The third kappa shape index (κ3) is 2.10. The molecule has 0 aromatic carbocycles. The fraction of sp³-hybridized carbons (Fsp3) is 1.00. The Hall–Kier alpha value is 0.177. The molecule has 1 heterocycles. The molecular formula is C7H17NSi. The second kappa shape index (κ2) is 2.84. The van der Waals surface area contributed by atoms with Gasteiger partial charge in [0.2, 0.25) is 0 Å². The van der Waals surface area contributed by atoms with Crippen LogP contribution < -0.4 is 0 Å². The number of hydrogen-bond donors (Lipinski definition) is 0. The number of piperidine rings is 1. The van der Waals surface area contributed by atoms with Crippen LogP contribution in [0.4, 0.5) is 0 Å². The van der Waals surface area contributed by atoms with Gasteiger partial charge in [-0.15, -0.1) is 0 Å². The van der Waals surface area contributed by atoms with Gasteiger partial charge in [-0.2, -0.15) is 0 Å². The third-order valence-corrected chi connectivity index (χ3v) is 2.78. The maximum Gasteiger partial charge on any atom is 0.0784 e. The summed E-state index contributed by atoms with van der Waals surface area (Å²) in [5.74, 6) is 1.90. The molecule has 0 aromatic heterocycles. The first kappa shape index (κ1) is 7.29. The summed E-state index contributed by atoms with van der Waals surface area (Å²) in [6.45, 7) is 7.44. The zero-order valence-corrected chi connectivity index (χ0v) is 8.72. The minimum atomic E-state index is 0.950. The van der Waals surface area contributed by atoms with Gasteiger partial charge in [0.25, 0.3) is 0 Å². The van der Waals surface area contributed by atoms with E-state index in [1.54, 1.807) is 0 Å². The Morgan fingerprint density at radius 1 is 1.22 bits per heavy atom. The summed E-state index contributed by atoms with van der Waals surface area (Å²) < 4.78 is 2.57. The average Bonchev–Trinajstić information content (AvgIpc) is 1.59. The van der Waals surface area contributed by atoms with Crippen molar-refractivity contribution in [3.05, 3.63) is 0 Å². The van der Waals surface area contributed by atoms with E-state index in [-0.39, 0.29) is 0 Å². The predicted molar refractivity (Wildman–Crippen MR) is 44.5 cm³/mol. The highest BCUT2D eigenvalue weighted by Crippen LogP contribution is 2.18. The van der Waals surface area contributed by atoms with Crippen molar-refractivity contribution in [2.24, 2.45) is 11.8 Å². The molecule has 0 aliphatic carbocycles. The fourth-order valence-electron chi connectivity index (χ4n) is 1.97. The van der Waals surface area contributed by atoms with Gasteiger partial charge in [0.05, 0.1) is 10.4 Å². The molecule has 1 rings (SSSR count). The number of hydrogen-bond acceptors (Lipinski definition) is 1. The smallest absolute Gasteiger partial charge is 0.0784 e. The third-order valence-electron chi connectivity index (χ3n) is 2.05. The zero-order chi connectivity index (χ0) is 6.85. The van der Waals surface area contributed by atoms with E-state index in [4.69, 9.17) is 0 Å². The van der Waals surface area contributed by atoms with E-state index < -0.39 is 0 Å². The molecule has 0 aromatic rings. The van der Waals surface area contributed by atoms with Crippen LogP contribution >= 0.6 is 0 Å². The van der Waals surface area contributed by atoms with E-state index in [1.807, 2.05) is 0 Å². The molecule has 1 nitrogen and oxygen atoms in total. The average molecular weight is 143 g/mol. The lowest BCUT2D eigenvalue weighted by molar-refractivity contribution is 0.229. The van der Waals surface area contributed by atoms with Crippen LogP contribution in [-0.4, -0.2) is 28.1 Å². The zero-order valence-electron chi connectivity index (χ0n) is 6.72. The van der Waals surface area contributed by atoms with Crippen molar-refractivity contribution in [1.29, 1.82) is 0 Å². The first-order valence-corrected chi connectivity index (χ1v) is 4.76. The van der Waals surface area contributed by atoms with Crippen molar-refractivity contribution in [2.45, 2.75) is 20.3 Å². The maximum absolute atomic E-state index is 2.57. The molecule has 0 amide bonds. The summed E-state index contributed by atoms with van der Waals surface area (Å²) in [5, 5.41) is 0. The SMILES string of the molecule is CC1CC(C)CN([SiH3])C1. The highest BCUT2D eigenvalue weighted by atomic mass is 28.2. The lowest BCUT2D eigenvalue weighted by atomic mass is 9.94. The van der Waals surface area contributed by atoms with Gasteiger partial charge >= 0.3 is 0 Å². The molecule has 2 unspecified atom stereocenters. The van der Waals surface area contributed by atoms with Gasteiger partial charge in [0, 0.05) is 0 Å². The monoisotopic (exact) mass is 143 g/mol. The summed E-state index contributed by atoms with van der Waals surface area (Å²) in [6.07, 6.45) is 1.44. The molecule has 0 spiro atoms. The van der Waals surface area contributed by atoms with Crippen molar-refractivity contribution < 1.29 is 0 Å². The fourth-order valence-corrected chi connectivity index (χ4v) is 3.22. The number of rotatable bonds is 0. The first-order chi connectivity index (χ1) is 4.18. The van der Waals surface area contributed by atoms with Crippen molar-refractivity contribution >= 4 is 10.4 Å². The van der Waals surface area contributed by atoms with Crippen LogP contribution in [-0.2, 0) is 0 Å². The van der Waals surface area contributed by atoms with Gasteiger partial charge in [0.15, 0.2) is 0 Å². The van der Waals surface area contributed by atoms with E-state index in [9.17, 15) is 0 Å². The highest BCUT2D eigenvalue weighted by molar-refractivity contribution is 6.04. The first-order valence-electron chi connectivity index (χ1n) is 3.87. The summed E-state index contributed by atoms with van der Waals surface area (Å²) >= 11 is 0. The van der Waals surface area contributed by atoms with Crippen LogP contribution in [0.2, 0.25) is 0 Å². The Bertz CT molecular complexity index is 69.9. The Morgan fingerprint density at radius 3 is 2.00 bits per heavy atom. The molecule has 9 heavy (non-hydrogen) atoms. The second-order valence-electron chi connectivity index (χ2n) is 3.67. The van der Waals surface area contributed by atoms with Crippen LogP contribution in [0.15, 0.2) is 0 Å². The van der Waals surface area contributed by atoms with Gasteiger partial charge in [-0.25, -0.2) is 0 Å². The number of nitrogens with zero attached hydrogens (tertiary/aromatic N) is 1. The quantitative estimate of drug-likeness (QED) is 0.439. The molecular weight excluding hydrogens is 126 g/mol. The summed E-state index contributed by atoms with van der Waals surface area (Å²) in [4.78, 5) is 0. The Morgan fingerprint density at radius 2 is 1.67 bits per heavy atom. The van der Waals surface area contributed by atoms with Crippen molar-refractivity contribution in [3.63, 3.8) is 0 Å². The molecule has 1 aliphatic heterocycles. The minimum Gasteiger partial charge on any atom is -0.332 e. The summed E-state index contributed by atoms with van der Waals surface area (Å²) in [5.41, 5.74) is 0. The van der Waals surface area contributed by atoms with E-state index >= 15 is 0 Å². The molecule has 1 fully saturated rings. The van der Waals surface area contributed by atoms with E-state index in [0.717, 1.165) is 11.8 Å². The molecule has 0 bridgehead atoms. The van der Waals surface area contributed by atoms with Crippen LogP contribution in [0.25, 0.3) is 0 Å². The Labute approximate surface area is 60.9 Å². The molecule has 2 atom stereocenters. The Balaban J connectivity index is 2.34. The van der Waals surface area contributed by atoms with E-state index in [2.05, 4.69) is 18.4 Å². The van der Waals surface area contributed by atoms with Crippen LogP contribution in [0.5, 0.6) is 0 Å². The molecule has 1 aliphatic rings. The maximum atomic E-state index is 2.57. The van der Waals surface area contributed by atoms with Crippen molar-refractivity contribution in [2.75, 3.05) is 13.1 Å². The summed E-state index contributed by atoms with van der Waals surface area (Å²) in [6, 6.07) is 0. The summed E-state index contributed by atoms with van der Waals surface area (Å²) in [7, 11) is 1.26. The second-order valence-corrected chi connectivity index (χ2v) is 4.93. The largest absolute Gasteiger partial charge is 0.332 e. The molecule has 0 radical (unpaired) electrons. The highest BCUT2D eigenvalue weighted by Gasteiger charge is 2.17. The van der Waals surface area contributed by atoms with Crippen molar-refractivity contribution in [1.82, 2.24) is 4.57 Å². The van der Waals surface area contributed by atoms with E-state index in [1.165, 1.54) is 29.9 Å². The predicted octanol–water partition coefficient (Wildman–Crippen LogP) is 0.245. The van der Waals surface area contributed by atoms with Gasteiger partial charge < -0.3 is 4.57 Å². The topological polar surface area (TPSA) is 3.24 Å². The Kier molecular flexibility index (Phi) is 2.30. The molecule has 0 N–H and O–H groups in total. The van der Waals surface area contributed by atoms with Gasteiger partial charge in [-0.05, 0) is 31.3 Å². The van der Waals surface area contributed by atoms with Crippen LogP contribution in [0.3, 0.4) is 0 Å². The molecule has 1 saturated heterocycles. The standard InChI is InChI=1S/C7H17NSi/c1-6-3-7(2)5-8(9)4-6/h6-7H,3-5H2,1-2,9H3. The molecule has 0 saturated carbocycles. The van der Waals surface area contributed by atoms with Gasteiger partial charge in [-0.1, -0.05) is 13.8 Å². The lowest BCUT2D eigenvalue weighted by Crippen LogP contribution is -2.36. The van der Waals surface area contributed by atoms with Crippen LogP contribution in [0, 0.1) is 11.8 Å². The normalized spacial score (nSPS) is 39.3. The van der Waals surface area contributed by atoms with Crippen molar-refractivity contribution in [3.8, 4) is 0 Å². The van der Waals surface area contributed by atoms with Crippen LogP contribution in [0.1, 0.15) is 20.3 Å².